The smallest absolute Gasteiger partial charge is 0.138 e. The normalized spacial score (nSPS) is 12.8. The molecule has 2 aromatic rings. The van der Waals surface area contributed by atoms with E-state index in [9.17, 15) is 0 Å². The molecule has 0 bridgehead atoms. The SMILES string of the molecule is CCCn1ncnc1CC(NCC)c1ccco1. The van der Waals surface area contributed by atoms with Crippen LogP contribution in [0.2, 0.25) is 0 Å². The van der Waals surface area contributed by atoms with Crippen LogP contribution < -0.4 is 5.32 Å². The number of aromatic nitrogens is 3. The maximum absolute atomic E-state index is 5.48. The molecule has 0 saturated carbocycles. The fourth-order valence-electron chi connectivity index (χ4n) is 2.04. The van der Waals surface area contributed by atoms with Gasteiger partial charge in [-0.15, -0.1) is 0 Å². The lowest BCUT2D eigenvalue weighted by Gasteiger charge is -2.15. The Bertz CT molecular complexity index is 449. The third-order valence-corrected chi connectivity index (χ3v) is 2.85. The van der Waals surface area contributed by atoms with Crippen LogP contribution in [-0.4, -0.2) is 21.3 Å². The molecule has 2 heterocycles. The Morgan fingerprint density at radius 1 is 1.44 bits per heavy atom. The summed E-state index contributed by atoms with van der Waals surface area (Å²) in [5, 5.41) is 7.67. The third kappa shape index (κ3) is 2.98. The lowest BCUT2D eigenvalue weighted by Crippen LogP contribution is -2.24. The molecule has 0 aliphatic carbocycles. The molecule has 0 radical (unpaired) electrons. The second-order valence-corrected chi connectivity index (χ2v) is 4.23. The highest BCUT2D eigenvalue weighted by Crippen LogP contribution is 2.17. The number of rotatable bonds is 7. The van der Waals surface area contributed by atoms with Gasteiger partial charge in [-0.3, -0.25) is 4.68 Å². The predicted octanol–water partition coefficient (Wildman–Crippen LogP) is 2.17. The van der Waals surface area contributed by atoms with E-state index in [-0.39, 0.29) is 6.04 Å². The first kappa shape index (κ1) is 12.8. The Labute approximate surface area is 107 Å². The van der Waals surface area contributed by atoms with Crippen molar-refractivity contribution in [1.29, 1.82) is 0 Å². The van der Waals surface area contributed by atoms with E-state index in [1.165, 1.54) is 0 Å². The summed E-state index contributed by atoms with van der Waals surface area (Å²) >= 11 is 0. The summed E-state index contributed by atoms with van der Waals surface area (Å²) in [6.45, 7) is 6.03. The second kappa shape index (κ2) is 6.35. The van der Waals surface area contributed by atoms with E-state index < -0.39 is 0 Å². The van der Waals surface area contributed by atoms with Crippen molar-refractivity contribution in [2.75, 3.05) is 6.54 Å². The molecular formula is C13H20N4O. The highest BCUT2D eigenvalue weighted by atomic mass is 16.3. The Hall–Kier alpha value is -1.62. The van der Waals surface area contributed by atoms with Crippen LogP contribution in [0.5, 0.6) is 0 Å². The van der Waals surface area contributed by atoms with E-state index in [1.54, 1.807) is 12.6 Å². The van der Waals surface area contributed by atoms with Gasteiger partial charge in [-0.25, -0.2) is 4.98 Å². The van der Waals surface area contributed by atoms with Crippen LogP contribution in [0.4, 0.5) is 0 Å². The Kier molecular flexibility index (Phi) is 4.52. The number of furan rings is 1. The van der Waals surface area contributed by atoms with Gasteiger partial charge in [0.05, 0.1) is 12.3 Å². The lowest BCUT2D eigenvalue weighted by atomic mass is 10.1. The quantitative estimate of drug-likeness (QED) is 0.816. The van der Waals surface area contributed by atoms with E-state index >= 15 is 0 Å². The molecule has 5 nitrogen and oxygen atoms in total. The fourth-order valence-corrected chi connectivity index (χ4v) is 2.04. The van der Waals surface area contributed by atoms with Crippen molar-refractivity contribution < 1.29 is 4.42 Å². The van der Waals surface area contributed by atoms with Crippen LogP contribution in [0.3, 0.4) is 0 Å². The van der Waals surface area contributed by atoms with Gasteiger partial charge < -0.3 is 9.73 Å². The molecule has 2 rings (SSSR count). The van der Waals surface area contributed by atoms with Gasteiger partial charge in [0.1, 0.15) is 17.9 Å². The van der Waals surface area contributed by atoms with Crippen LogP contribution in [-0.2, 0) is 13.0 Å². The van der Waals surface area contributed by atoms with Crippen molar-refractivity contribution >= 4 is 0 Å². The van der Waals surface area contributed by atoms with Gasteiger partial charge in [-0.1, -0.05) is 13.8 Å². The van der Waals surface area contributed by atoms with Crippen LogP contribution >= 0.6 is 0 Å². The molecular weight excluding hydrogens is 228 g/mol. The molecule has 1 atom stereocenters. The van der Waals surface area contributed by atoms with Gasteiger partial charge in [0.15, 0.2) is 0 Å². The predicted molar refractivity (Wildman–Crippen MR) is 69.1 cm³/mol. The van der Waals surface area contributed by atoms with Crippen LogP contribution in [0, 0.1) is 0 Å². The average molecular weight is 248 g/mol. The van der Waals surface area contributed by atoms with Crippen molar-refractivity contribution in [3.8, 4) is 0 Å². The number of nitrogens with one attached hydrogen (secondary N) is 1. The number of hydrogen-bond acceptors (Lipinski definition) is 4. The van der Waals surface area contributed by atoms with E-state index in [0.717, 1.165) is 37.5 Å². The average Bonchev–Trinajstić information content (AvgIpc) is 3.01. The summed E-state index contributed by atoms with van der Waals surface area (Å²) in [4.78, 5) is 4.34. The van der Waals surface area contributed by atoms with Crippen molar-refractivity contribution in [1.82, 2.24) is 20.1 Å². The van der Waals surface area contributed by atoms with E-state index in [1.807, 2.05) is 16.8 Å². The van der Waals surface area contributed by atoms with E-state index in [4.69, 9.17) is 4.42 Å². The summed E-state index contributed by atoms with van der Waals surface area (Å²) < 4.78 is 7.44. The molecule has 18 heavy (non-hydrogen) atoms. The van der Waals surface area contributed by atoms with Crippen LogP contribution in [0.1, 0.15) is 37.9 Å². The third-order valence-electron chi connectivity index (χ3n) is 2.85. The topological polar surface area (TPSA) is 55.9 Å². The zero-order valence-electron chi connectivity index (χ0n) is 11.0. The standard InChI is InChI=1S/C13H20N4O/c1-3-7-17-13(15-10-16-17)9-11(14-4-2)12-6-5-8-18-12/h5-6,8,10-11,14H,3-4,7,9H2,1-2H3. The molecule has 1 N–H and O–H groups in total. The number of aryl methyl sites for hydroxylation is 1. The zero-order chi connectivity index (χ0) is 12.8. The van der Waals surface area contributed by atoms with Gasteiger partial charge in [-0.2, -0.15) is 5.10 Å². The van der Waals surface area contributed by atoms with E-state index in [2.05, 4.69) is 29.2 Å². The molecule has 0 aliphatic rings. The van der Waals surface area contributed by atoms with Gasteiger partial charge >= 0.3 is 0 Å². The van der Waals surface area contributed by atoms with Gasteiger partial charge in [-0.05, 0) is 25.1 Å². The van der Waals surface area contributed by atoms with E-state index in [0.29, 0.717) is 0 Å². The highest BCUT2D eigenvalue weighted by molar-refractivity contribution is 5.07. The molecule has 5 heteroatoms. The zero-order valence-corrected chi connectivity index (χ0v) is 11.0. The highest BCUT2D eigenvalue weighted by Gasteiger charge is 2.17. The second-order valence-electron chi connectivity index (χ2n) is 4.23. The number of hydrogen-bond donors (Lipinski definition) is 1. The Morgan fingerprint density at radius 2 is 2.33 bits per heavy atom. The first-order valence-corrected chi connectivity index (χ1v) is 6.48. The summed E-state index contributed by atoms with van der Waals surface area (Å²) in [7, 11) is 0. The first-order valence-electron chi connectivity index (χ1n) is 6.48. The van der Waals surface area contributed by atoms with Crippen LogP contribution in [0.25, 0.3) is 0 Å². The van der Waals surface area contributed by atoms with Gasteiger partial charge in [0.25, 0.3) is 0 Å². The van der Waals surface area contributed by atoms with Crippen molar-refractivity contribution in [2.24, 2.45) is 0 Å². The summed E-state index contributed by atoms with van der Waals surface area (Å²) in [6, 6.07) is 4.06. The summed E-state index contributed by atoms with van der Waals surface area (Å²) in [5.74, 6) is 1.95. The monoisotopic (exact) mass is 248 g/mol. The maximum atomic E-state index is 5.48. The maximum Gasteiger partial charge on any atom is 0.138 e. The van der Waals surface area contributed by atoms with Crippen molar-refractivity contribution in [3.05, 3.63) is 36.3 Å². The molecule has 0 aromatic carbocycles. The van der Waals surface area contributed by atoms with Crippen molar-refractivity contribution in [3.63, 3.8) is 0 Å². The van der Waals surface area contributed by atoms with Crippen molar-refractivity contribution in [2.45, 2.75) is 39.3 Å². The minimum atomic E-state index is 0.157. The molecule has 0 aliphatic heterocycles. The lowest BCUT2D eigenvalue weighted by molar-refractivity contribution is 0.404. The molecule has 98 valence electrons. The minimum absolute atomic E-state index is 0.157. The molecule has 1 unspecified atom stereocenters. The fraction of sp³-hybridized carbons (Fsp3) is 0.538. The van der Waals surface area contributed by atoms with Crippen LogP contribution in [0.15, 0.2) is 29.1 Å². The molecule has 0 amide bonds. The molecule has 2 aromatic heterocycles. The summed E-state index contributed by atoms with van der Waals surface area (Å²) in [6.07, 6.45) is 5.18. The first-order chi connectivity index (χ1) is 8.85. The minimum Gasteiger partial charge on any atom is -0.468 e. The van der Waals surface area contributed by atoms with Gasteiger partial charge in [0.2, 0.25) is 0 Å². The molecule has 0 spiro atoms. The molecule has 0 fully saturated rings. The van der Waals surface area contributed by atoms with Gasteiger partial charge in [0, 0.05) is 13.0 Å². The number of nitrogens with zero attached hydrogens (tertiary/aromatic N) is 3. The largest absolute Gasteiger partial charge is 0.468 e. The molecule has 0 saturated heterocycles. The Morgan fingerprint density at radius 3 is 3.00 bits per heavy atom. The number of likely N-dealkylation sites (N-methyl/N-ethyl adjacent to an activating group) is 1. The Balaban J connectivity index is 2.11. The summed E-state index contributed by atoms with van der Waals surface area (Å²) in [5.41, 5.74) is 0.